The maximum Gasteiger partial charge on any atom is 0.277 e. The van der Waals surface area contributed by atoms with E-state index in [2.05, 4.69) is 15.9 Å². The summed E-state index contributed by atoms with van der Waals surface area (Å²) in [5, 5.41) is 9.81. The van der Waals surface area contributed by atoms with Crippen LogP contribution in [-0.2, 0) is 0 Å². The largest absolute Gasteiger partial charge is 0.286 e. The summed E-state index contributed by atoms with van der Waals surface area (Å²) < 4.78 is 0.714. The summed E-state index contributed by atoms with van der Waals surface area (Å²) in [6.45, 7) is 0. The van der Waals surface area contributed by atoms with Crippen molar-refractivity contribution < 1.29 is 10.0 Å². The molecular weight excluding hydrogens is 257 g/mol. The highest BCUT2D eigenvalue weighted by molar-refractivity contribution is 9.10. The lowest BCUT2D eigenvalue weighted by Gasteiger charge is -2.08. The van der Waals surface area contributed by atoms with Crippen molar-refractivity contribution in [3.63, 3.8) is 0 Å². The zero-order valence-corrected chi connectivity index (χ0v) is 9.13. The number of nitrogens with zero attached hydrogens (tertiary/aromatic N) is 1. The molecule has 0 bridgehead atoms. The van der Waals surface area contributed by atoms with Gasteiger partial charge in [0.25, 0.3) is 5.91 Å². The average molecular weight is 265 g/mol. The van der Waals surface area contributed by atoms with Crippen LogP contribution in [-0.4, -0.2) is 23.2 Å². The standard InChI is InChI=1S/C8H7BrClNO2/c1-11(13)8(12)5-2-3-6(9)7(10)4-5/h2-4,13H,1H3. The molecule has 1 aromatic rings. The zero-order chi connectivity index (χ0) is 10.0. The fraction of sp³-hybridized carbons (Fsp3) is 0.125. The van der Waals surface area contributed by atoms with Gasteiger partial charge in [-0.15, -0.1) is 0 Å². The van der Waals surface area contributed by atoms with Crippen LogP contribution in [0.1, 0.15) is 10.4 Å². The number of hydroxylamine groups is 2. The Labute approximate surface area is 89.0 Å². The van der Waals surface area contributed by atoms with E-state index in [9.17, 15) is 4.79 Å². The van der Waals surface area contributed by atoms with Crippen LogP contribution in [0, 0.1) is 0 Å². The first-order chi connectivity index (χ1) is 6.02. The average Bonchev–Trinajstić information content (AvgIpc) is 2.08. The third-order valence-electron chi connectivity index (χ3n) is 1.46. The van der Waals surface area contributed by atoms with Gasteiger partial charge in [-0.05, 0) is 34.1 Å². The predicted octanol–water partition coefficient (Wildman–Crippen LogP) is 2.56. The monoisotopic (exact) mass is 263 g/mol. The first kappa shape index (κ1) is 10.5. The Balaban J connectivity index is 3.04. The Morgan fingerprint density at radius 3 is 2.69 bits per heavy atom. The molecule has 0 aliphatic heterocycles. The maximum absolute atomic E-state index is 11.2. The first-order valence-electron chi connectivity index (χ1n) is 3.44. The molecule has 1 aromatic carbocycles. The van der Waals surface area contributed by atoms with Crippen molar-refractivity contribution in [1.29, 1.82) is 0 Å². The highest BCUT2D eigenvalue weighted by Gasteiger charge is 2.10. The molecule has 0 aromatic heterocycles. The molecule has 0 radical (unpaired) electrons. The molecule has 0 unspecified atom stereocenters. The SMILES string of the molecule is CN(O)C(=O)c1ccc(Br)c(Cl)c1. The van der Waals surface area contributed by atoms with Crippen LogP contribution in [0.2, 0.25) is 5.02 Å². The second kappa shape index (κ2) is 4.09. The van der Waals surface area contributed by atoms with Gasteiger partial charge < -0.3 is 0 Å². The van der Waals surface area contributed by atoms with E-state index in [1.165, 1.54) is 13.1 Å². The lowest BCUT2D eigenvalue weighted by molar-refractivity contribution is -0.0374. The van der Waals surface area contributed by atoms with E-state index in [1.807, 2.05) is 0 Å². The minimum absolute atomic E-state index is 0.346. The summed E-state index contributed by atoms with van der Waals surface area (Å²) in [6.07, 6.45) is 0. The molecule has 1 N–H and O–H groups in total. The fourth-order valence-corrected chi connectivity index (χ4v) is 1.24. The molecule has 13 heavy (non-hydrogen) atoms. The van der Waals surface area contributed by atoms with Gasteiger partial charge in [0.15, 0.2) is 0 Å². The van der Waals surface area contributed by atoms with E-state index in [4.69, 9.17) is 16.8 Å². The highest BCUT2D eigenvalue weighted by Crippen LogP contribution is 2.23. The maximum atomic E-state index is 11.2. The van der Waals surface area contributed by atoms with Crippen molar-refractivity contribution in [1.82, 2.24) is 5.06 Å². The fourth-order valence-electron chi connectivity index (χ4n) is 0.816. The molecule has 5 heteroatoms. The summed E-state index contributed by atoms with van der Waals surface area (Å²) in [7, 11) is 1.26. The van der Waals surface area contributed by atoms with Crippen LogP contribution in [0.4, 0.5) is 0 Å². The summed E-state index contributed by atoms with van der Waals surface area (Å²) in [5.41, 5.74) is 0.346. The van der Waals surface area contributed by atoms with Gasteiger partial charge in [0, 0.05) is 17.1 Å². The van der Waals surface area contributed by atoms with E-state index in [-0.39, 0.29) is 0 Å². The van der Waals surface area contributed by atoms with Crippen molar-refractivity contribution >= 4 is 33.4 Å². The smallest absolute Gasteiger partial charge is 0.277 e. The van der Waals surface area contributed by atoms with Crippen molar-refractivity contribution in [3.8, 4) is 0 Å². The van der Waals surface area contributed by atoms with Crippen molar-refractivity contribution in [2.45, 2.75) is 0 Å². The number of hydrogen-bond acceptors (Lipinski definition) is 2. The number of benzene rings is 1. The van der Waals surface area contributed by atoms with Gasteiger partial charge in [0.1, 0.15) is 0 Å². The molecule has 70 valence electrons. The number of carbonyl (C=O) groups is 1. The molecule has 0 aliphatic rings. The van der Waals surface area contributed by atoms with E-state index in [1.54, 1.807) is 12.1 Å². The normalized spacial score (nSPS) is 9.85. The lowest BCUT2D eigenvalue weighted by atomic mass is 10.2. The quantitative estimate of drug-likeness (QED) is 0.625. The van der Waals surface area contributed by atoms with Crippen molar-refractivity contribution in [2.24, 2.45) is 0 Å². The van der Waals surface area contributed by atoms with Gasteiger partial charge in [0.05, 0.1) is 5.02 Å². The van der Waals surface area contributed by atoms with Crippen LogP contribution in [0.3, 0.4) is 0 Å². The first-order valence-corrected chi connectivity index (χ1v) is 4.61. The molecule has 1 rings (SSSR count). The molecule has 0 heterocycles. The van der Waals surface area contributed by atoms with E-state index < -0.39 is 5.91 Å². The second-order valence-electron chi connectivity index (χ2n) is 2.46. The third kappa shape index (κ3) is 2.43. The lowest BCUT2D eigenvalue weighted by Crippen LogP contribution is -2.22. The van der Waals surface area contributed by atoms with Gasteiger partial charge in [0.2, 0.25) is 0 Å². The number of hydrogen-bond donors (Lipinski definition) is 1. The van der Waals surface area contributed by atoms with Crippen molar-refractivity contribution in [3.05, 3.63) is 33.3 Å². The molecule has 0 spiro atoms. The number of rotatable bonds is 1. The molecule has 0 aliphatic carbocycles. The molecular formula is C8H7BrClNO2. The summed E-state index contributed by atoms with van der Waals surface area (Å²) in [4.78, 5) is 11.2. The summed E-state index contributed by atoms with van der Waals surface area (Å²) >= 11 is 8.96. The Kier molecular flexibility index (Phi) is 3.30. The molecule has 0 fully saturated rings. The van der Waals surface area contributed by atoms with Crippen LogP contribution < -0.4 is 0 Å². The molecule has 0 saturated heterocycles. The zero-order valence-electron chi connectivity index (χ0n) is 6.79. The van der Waals surface area contributed by atoms with Crippen LogP contribution in [0.25, 0.3) is 0 Å². The molecule has 0 saturated carbocycles. The Hall–Kier alpha value is -0.580. The van der Waals surface area contributed by atoms with Gasteiger partial charge in [-0.1, -0.05) is 11.6 Å². The molecule has 3 nitrogen and oxygen atoms in total. The van der Waals surface area contributed by atoms with E-state index in [0.717, 1.165) is 0 Å². The predicted molar refractivity (Wildman–Crippen MR) is 53.0 cm³/mol. The summed E-state index contributed by atoms with van der Waals surface area (Å²) in [6, 6.07) is 4.71. The van der Waals surface area contributed by atoms with E-state index >= 15 is 0 Å². The Morgan fingerprint density at radius 1 is 1.62 bits per heavy atom. The number of carbonyl (C=O) groups excluding carboxylic acids is 1. The van der Waals surface area contributed by atoms with Gasteiger partial charge in [-0.2, -0.15) is 0 Å². The summed E-state index contributed by atoms with van der Waals surface area (Å²) in [5.74, 6) is -0.491. The van der Waals surface area contributed by atoms with Crippen LogP contribution in [0.15, 0.2) is 22.7 Å². The molecule has 0 atom stereocenters. The van der Waals surface area contributed by atoms with Crippen LogP contribution >= 0.6 is 27.5 Å². The third-order valence-corrected chi connectivity index (χ3v) is 2.69. The minimum atomic E-state index is -0.491. The van der Waals surface area contributed by atoms with Gasteiger partial charge in [-0.25, -0.2) is 5.06 Å². The van der Waals surface area contributed by atoms with Gasteiger partial charge in [-0.3, -0.25) is 10.0 Å². The Bertz CT molecular complexity index is 341. The second-order valence-corrected chi connectivity index (χ2v) is 3.72. The highest BCUT2D eigenvalue weighted by atomic mass is 79.9. The number of halogens is 2. The molecule has 1 amide bonds. The minimum Gasteiger partial charge on any atom is -0.286 e. The van der Waals surface area contributed by atoms with E-state index in [0.29, 0.717) is 20.1 Å². The topological polar surface area (TPSA) is 40.5 Å². The number of amides is 1. The van der Waals surface area contributed by atoms with Crippen LogP contribution in [0.5, 0.6) is 0 Å². The Morgan fingerprint density at radius 2 is 2.23 bits per heavy atom. The van der Waals surface area contributed by atoms with Gasteiger partial charge >= 0.3 is 0 Å². The van der Waals surface area contributed by atoms with Crippen molar-refractivity contribution in [2.75, 3.05) is 7.05 Å².